The Morgan fingerprint density at radius 3 is 2.76 bits per heavy atom. The van der Waals surface area contributed by atoms with Crippen LogP contribution in [-0.4, -0.2) is 31.0 Å². The Hall–Kier alpha value is -1.58. The number of rotatable bonds is 6. The minimum Gasteiger partial charge on any atom is -0.489 e. The highest BCUT2D eigenvalue weighted by Gasteiger charge is 2.07. The van der Waals surface area contributed by atoms with Gasteiger partial charge in [0, 0.05) is 13.5 Å². The van der Waals surface area contributed by atoms with Gasteiger partial charge in [0.25, 0.3) is 0 Å². The van der Waals surface area contributed by atoms with Gasteiger partial charge in [0.05, 0.1) is 6.54 Å². The van der Waals surface area contributed by atoms with Crippen molar-refractivity contribution in [2.24, 2.45) is 0 Å². The molecule has 0 bridgehead atoms. The minimum absolute atomic E-state index is 0.0876. The van der Waals surface area contributed by atoms with Gasteiger partial charge in [-0.25, -0.2) is 4.39 Å². The Morgan fingerprint density at radius 1 is 1.41 bits per heavy atom. The molecule has 0 aliphatic rings. The van der Waals surface area contributed by atoms with Gasteiger partial charge in [-0.05, 0) is 18.6 Å². The molecule has 1 aromatic carbocycles. The quantitative estimate of drug-likeness (QED) is 0.763. The first-order chi connectivity index (χ1) is 8.15. The summed E-state index contributed by atoms with van der Waals surface area (Å²) in [6.45, 7) is 2.72. The Bertz CT molecular complexity index is 368. The molecule has 0 heterocycles. The first kappa shape index (κ1) is 13.5. The molecule has 94 valence electrons. The van der Waals surface area contributed by atoms with Crippen molar-refractivity contribution in [3.63, 3.8) is 0 Å². The summed E-state index contributed by atoms with van der Waals surface area (Å²) < 4.78 is 18.5. The van der Waals surface area contributed by atoms with Crippen molar-refractivity contribution >= 4 is 5.91 Å². The first-order valence-corrected chi connectivity index (χ1v) is 5.76. The number of benzene rings is 1. The number of carbonyl (C=O) groups excluding carboxylic acids is 1. The average Bonchev–Trinajstić information content (AvgIpc) is 2.31. The van der Waals surface area contributed by atoms with E-state index >= 15 is 0 Å². The number of hydrogen-bond acceptors (Lipinski definition) is 2. The fourth-order valence-corrected chi connectivity index (χ4v) is 1.38. The second kappa shape index (κ2) is 6.89. The van der Waals surface area contributed by atoms with Crippen LogP contribution in [0.25, 0.3) is 0 Å². The van der Waals surface area contributed by atoms with Crippen molar-refractivity contribution in [2.45, 2.75) is 19.8 Å². The summed E-state index contributed by atoms with van der Waals surface area (Å²) in [5.41, 5.74) is 0. The largest absolute Gasteiger partial charge is 0.489 e. The summed E-state index contributed by atoms with van der Waals surface area (Å²) in [5.74, 6) is -0.0662. The Kier molecular flexibility index (Phi) is 5.46. The average molecular weight is 239 g/mol. The Balaban J connectivity index is 2.33. The van der Waals surface area contributed by atoms with Crippen molar-refractivity contribution in [2.75, 3.05) is 20.2 Å². The normalized spacial score (nSPS) is 10.1. The van der Waals surface area contributed by atoms with Gasteiger partial charge >= 0.3 is 0 Å². The molecule has 1 aromatic rings. The molecule has 0 radical (unpaired) electrons. The standard InChI is InChI=1S/C13H18FNO2/c1-3-6-13(16)15(2)9-10-17-12-8-5-4-7-11(12)14/h4-5,7-8H,3,6,9-10H2,1-2H3. The fourth-order valence-electron chi connectivity index (χ4n) is 1.38. The maximum atomic E-state index is 13.2. The van der Waals surface area contributed by atoms with Gasteiger partial charge in [0.15, 0.2) is 11.6 Å². The number of carbonyl (C=O) groups is 1. The van der Waals surface area contributed by atoms with Crippen LogP contribution in [0.4, 0.5) is 4.39 Å². The summed E-state index contributed by atoms with van der Waals surface area (Å²) in [7, 11) is 1.72. The molecule has 0 fully saturated rings. The summed E-state index contributed by atoms with van der Waals surface area (Å²) in [6, 6.07) is 6.24. The van der Waals surface area contributed by atoms with E-state index in [4.69, 9.17) is 4.74 Å². The summed E-state index contributed by atoms with van der Waals surface area (Å²) >= 11 is 0. The van der Waals surface area contributed by atoms with Crippen LogP contribution >= 0.6 is 0 Å². The van der Waals surface area contributed by atoms with Crippen LogP contribution in [0.5, 0.6) is 5.75 Å². The molecule has 0 atom stereocenters. The number of amides is 1. The second-order valence-corrected chi connectivity index (χ2v) is 3.84. The summed E-state index contributed by atoms with van der Waals surface area (Å²) in [6.07, 6.45) is 1.37. The topological polar surface area (TPSA) is 29.5 Å². The van der Waals surface area contributed by atoms with Crippen LogP contribution < -0.4 is 4.74 Å². The lowest BCUT2D eigenvalue weighted by atomic mass is 10.3. The van der Waals surface area contributed by atoms with Crippen LogP contribution in [0, 0.1) is 5.82 Å². The molecule has 1 amide bonds. The molecular weight excluding hydrogens is 221 g/mol. The summed E-state index contributed by atoms with van der Waals surface area (Å²) in [5, 5.41) is 0. The fraction of sp³-hybridized carbons (Fsp3) is 0.462. The lowest BCUT2D eigenvalue weighted by molar-refractivity contribution is -0.130. The molecule has 4 heteroatoms. The Morgan fingerprint density at radius 2 is 2.12 bits per heavy atom. The van der Waals surface area contributed by atoms with E-state index in [1.807, 2.05) is 6.92 Å². The molecule has 17 heavy (non-hydrogen) atoms. The predicted octanol–water partition coefficient (Wildman–Crippen LogP) is 2.46. The summed E-state index contributed by atoms with van der Waals surface area (Å²) in [4.78, 5) is 13.1. The van der Waals surface area contributed by atoms with Crippen molar-refractivity contribution in [1.82, 2.24) is 4.90 Å². The van der Waals surface area contributed by atoms with Gasteiger partial charge in [-0.2, -0.15) is 0 Å². The monoisotopic (exact) mass is 239 g/mol. The zero-order valence-corrected chi connectivity index (χ0v) is 10.3. The molecular formula is C13H18FNO2. The van der Waals surface area contributed by atoms with Crippen molar-refractivity contribution in [1.29, 1.82) is 0 Å². The zero-order chi connectivity index (χ0) is 12.7. The molecule has 0 N–H and O–H groups in total. The number of halogens is 1. The van der Waals surface area contributed by atoms with Gasteiger partial charge in [-0.1, -0.05) is 19.1 Å². The molecule has 0 unspecified atom stereocenters. The van der Waals surface area contributed by atoms with Crippen LogP contribution in [0.2, 0.25) is 0 Å². The van der Waals surface area contributed by atoms with Crippen LogP contribution in [-0.2, 0) is 4.79 Å². The number of likely N-dealkylation sites (N-methyl/N-ethyl adjacent to an activating group) is 1. The maximum absolute atomic E-state index is 13.2. The third kappa shape index (κ3) is 4.43. The highest BCUT2D eigenvalue weighted by atomic mass is 19.1. The van der Waals surface area contributed by atoms with E-state index in [-0.39, 0.29) is 17.5 Å². The van der Waals surface area contributed by atoms with Gasteiger partial charge < -0.3 is 9.64 Å². The molecule has 0 saturated carbocycles. The molecule has 3 nitrogen and oxygen atoms in total. The second-order valence-electron chi connectivity index (χ2n) is 3.84. The molecule has 0 aromatic heterocycles. The van der Waals surface area contributed by atoms with E-state index in [0.29, 0.717) is 19.6 Å². The zero-order valence-electron chi connectivity index (χ0n) is 10.3. The van der Waals surface area contributed by atoms with Gasteiger partial charge in [-0.15, -0.1) is 0 Å². The Labute approximate surface area is 101 Å². The van der Waals surface area contributed by atoms with Crippen LogP contribution in [0.3, 0.4) is 0 Å². The predicted molar refractivity (Wildman–Crippen MR) is 64.4 cm³/mol. The van der Waals surface area contributed by atoms with Crippen molar-refractivity contribution < 1.29 is 13.9 Å². The first-order valence-electron chi connectivity index (χ1n) is 5.76. The highest BCUT2D eigenvalue weighted by molar-refractivity contribution is 5.75. The number of para-hydroxylation sites is 1. The van der Waals surface area contributed by atoms with Gasteiger partial charge in [-0.3, -0.25) is 4.79 Å². The number of ether oxygens (including phenoxy) is 1. The molecule has 0 spiro atoms. The van der Waals surface area contributed by atoms with Crippen LogP contribution in [0.1, 0.15) is 19.8 Å². The van der Waals surface area contributed by atoms with Crippen molar-refractivity contribution in [3.05, 3.63) is 30.1 Å². The maximum Gasteiger partial charge on any atom is 0.222 e. The molecule has 1 rings (SSSR count). The van der Waals surface area contributed by atoms with E-state index in [1.54, 1.807) is 30.1 Å². The lowest BCUT2D eigenvalue weighted by Gasteiger charge is -2.17. The van der Waals surface area contributed by atoms with Crippen molar-refractivity contribution in [3.8, 4) is 5.75 Å². The molecule has 0 aliphatic carbocycles. The van der Waals surface area contributed by atoms with E-state index < -0.39 is 0 Å². The van der Waals surface area contributed by atoms with Crippen LogP contribution in [0.15, 0.2) is 24.3 Å². The van der Waals surface area contributed by atoms with E-state index in [1.165, 1.54) is 6.07 Å². The smallest absolute Gasteiger partial charge is 0.222 e. The van der Waals surface area contributed by atoms with E-state index in [2.05, 4.69) is 0 Å². The number of nitrogens with zero attached hydrogens (tertiary/aromatic N) is 1. The minimum atomic E-state index is -0.380. The van der Waals surface area contributed by atoms with Gasteiger partial charge in [0.1, 0.15) is 6.61 Å². The third-order valence-electron chi connectivity index (χ3n) is 2.41. The lowest BCUT2D eigenvalue weighted by Crippen LogP contribution is -2.30. The SMILES string of the molecule is CCCC(=O)N(C)CCOc1ccccc1F. The van der Waals surface area contributed by atoms with Gasteiger partial charge in [0.2, 0.25) is 5.91 Å². The van der Waals surface area contributed by atoms with E-state index in [9.17, 15) is 9.18 Å². The van der Waals surface area contributed by atoms with E-state index in [0.717, 1.165) is 6.42 Å². The number of hydrogen-bond donors (Lipinski definition) is 0. The molecule has 0 aliphatic heterocycles. The highest BCUT2D eigenvalue weighted by Crippen LogP contribution is 2.14. The molecule has 0 saturated heterocycles. The third-order valence-corrected chi connectivity index (χ3v) is 2.41.